The van der Waals surface area contributed by atoms with Crippen molar-refractivity contribution in [3.8, 4) is 0 Å². The first kappa shape index (κ1) is 57.7. The number of ether oxygens (including phenoxy) is 5. The average Bonchev–Trinajstić information content (AvgIpc) is 3.30. The number of fused-ring (bicyclic) bond motifs is 3. The Morgan fingerprint density at radius 3 is 2.28 bits per heavy atom. The second-order valence-corrected chi connectivity index (χ2v) is 24.0. The zero-order valence-electron chi connectivity index (χ0n) is 42.4. The second-order valence-electron chi connectivity index (χ2n) is 20.1. The van der Waals surface area contributed by atoms with Crippen LogP contribution in [0.1, 0.15) is 126 Å². The number of carbonyl (C=O) groups excluding carboxylic acids is 5. The van der Waals surface area contributed by atoms with Crippen LogP contribution in [0.5, 0.6) is 0 Å². The normalized spacial score (nSPS) is 38.1. The van der Waals surface area contributed by atoms with Crippen molar-refractivity contribution in [3.63, 3.8) is 0 Å². The van der Waals surface area contributed by atoms with E-state index < -0.39 is 84.8 Å². The maximum absolute atomic E-state index is 14.5. The highest BCUT2D eigenvalue weighted by molar-refractivity contribution is 8.51. The van der Waals surface area contributed by atoms with Crippen LogP contribution in [0.3, 0.4) is 0 Å². The SMILES string of the molecule is CO[C@H]1C[C@@H]2CC[C@@H](C)[C@@](O)(O2)C(=O)C(=O)N2CCCC[C@H]2C(=O)O[C@H]([C@H](C)C[C@@H]2CCC(S[P+](C)=O)[C@H](OC)C2)CC(=O)[C@H](C)/C=C(\C)[C@@H](O)[C@@H](OC)C(=O)[C@H](C)C[C@H](C)/C=C/C=CC=C1C. The van der Waals surface area contributed by atoms with Crippen LogP contribution in [-0.4, -0.2) is 133 Å². The summed E-state index contributed by atoms with van der Waals surface area (Å²) in [6, 6.07) is -1.14. The molecule has 0 radical (unpaired) electrons. The summed E-state index contributed by atoms with van der Waals surface area (Å²) < 4.78 is 41.9. The maximum Gasteiger partial charge on any atom is 0.407 e. The van der Waals surface area contributed by atoms with Crippen LogP contribution in [0.15, 0.2) is 47.6 Å². The lowest BCUT2D eigenvalue weighted by atomic mass is 9.79. The van der Waals surface area contributed by atoms with E-state index in [-0.39, 0.29) is 60.1 Å². The quantitative estimate of drug-likeness (QED) is 0.102. The first-order valence-corrected chi connectivity index (χ1v) is 27.9. The fourth-order valence-corrected chi connectivity index (χ4v) is 13.3. The standard InChI is InChI=1S/C52H81NO13PS/c1-31-17-13-12-14-18-32(2)42(62-8)29-39-22-20-37(7)52(60,66-39)49(57)50(58)53-24-16-15-19-40(53)51(59)65-43(34(4)27-38-21-23-45(68-67(11)61)44(28-38)63-9)30-41(54)33(3)26-36(6)47(56)48(64-10)46(55)35(5)25-31/h12-14,17-18,26,31,33-35,37-40,42-45,47-48,56,60H,15-16,19-25,27-30H2,1-11H3/q+1/b14-12?,17-13+,32-18?,36-26+/t31-,33-,34-,35-,37-,38+,39+,40+,42+,43+,44-,45?,47-,48+,52-/m1/s1. The molecule has 2 bridgehead atoms. The fourth-order valence-electron chi connectivity index (χ4n) is 10.4. The summed E-state index contributed by atoms with van der Waals surface area (Å²) in [4.78, 5) is 72.2. The van der Waals surface area contributed by atoms with E-state index in [4.69, 9.17) is 23.7 Å². The molecule has 2 N–H and O–H groups in total. The molecule has 1 amide bonds. The molecule has 2 unspecified atom stereocenters. The first-order valence-electron chi connectivity index (χ1n) is 24.7. The Hall–Kier alpha value is -2.88. The van der Waals surface area contributed by atoms with Crippen molar-refractivity contribution in [3.05, 3.63) is 47.6 Å². The van der Waals surface area contributed by atoms with Gasteiger partial charge in [-0.2, -0.15) is 0 Å². The van der Waals surface area contributed by atoms with Crippen LogP contribution in [-0.2, 0) is 52.2 Å². The number of esters is 1. The molecule has 2 saturated heterocycles. The molecule has 68 heavy (non-hydrogen) atoms. The highest BCUT2D eigenvalue weighted by Crippen LogP contribution is 2.46. The summed E-state index contributed by atoms with van der Waals surface area (Å²) in [5.74, 6) is -7.90. The summed E-state index contributed by atoms with van der Waals surface area (Å²) in [7, 11) is 3.20. The third-order valence-electron chi connectivity index (χ3n) is 14.7. The summed E-state index contributed by atoms with van der Waals surface area (Å²) in [5, 5.41) is 23.5. The number of nitrogens with zero attached hydrogens (tertiary/aromatic N) is 1. The van der Waals surface area contributed by atoms with E-state index >= 15 is 0 Å². The van der Waals surface area contributed by atoms with Crippen LogP contribution < -0.4 is 0 Å². The molecule has 0 aromatic carbocycles. The second kappa shape index (κ2) is 27.1. The zero-order chi connectivity index (χ0) is 50.5. The average molecular weight is 991 g/mol. The number of rotatable bonds is 8. The van der Waals surface area contributed by atoms with Gasteiger partial charge >= 0.3 is 13.0 Å². The van der Waals surface area contributed by atoms with Gasteiger partial charge in [-0.25, -0.2) is 4.79 Å². The van der Waals surface area contributed by atoms with Crippen LogP contribution in [0.2, 0.25) is 0 Å². The topological polar surface area (TPSA) is 192 Å². The van der Waals surface area contributed by atoms with Gasteiger partial charge in [-0.1, -0.05) is 75.6 Å². The van der Waals surface area contributed by atoms with E-state index in [2.05, 4.69) is 0 Å². The first-order chi connectivity index (χ1) is 32.1. The van der Waals surface area contributed by atoms with Crippen molar-refractivity contribution in [1.29, 1.82) is 0 Å². The molecule has 3 heterocycles. The van der Waals surface area contributed by atoms with E-state index in [1.807, 2.05) is 58.1 Å². The third-order valence-corrected chi connectivity index (χ3v) is 17.5. The molecule has 3 aliphatic heterocycles. The number of Topliss-reactive ketones (excluding diaryl/α,β-unsaturated/α-hetero) is 3. The van der Waals surface area contributed by atoms with Crippen LogP contribution in [0.4, 0.5) is 0 Å². The smallest absolute Gasteiger partial charge is 0.407 e. The molecule has 16 atom stereocenters. The van der Waals surface area contributed by atoms with Gasteiger partial charge in [-0.3, -0.25) is 19.2 Å². The number of ketones is 3. The summed E-state index contributed by atoms with van der Waals surface area (Å²) in [6.45, 7) is 14.5. The lowest BCUT2D eigenvalue weighted by Gasteiger charge is -2.42. The van der Waals surface area contributed by atoms with E-state index in [0.717, 1.165) is 18.4 Å². The Kier molecular flexibility index (Phi) is 23.0. The minimum Gasteiger partial charge on any atom is -0.460 e. The van der Waals surface area contributed by atoms with Gasteiger partial charge in [0.1, 0.15) is 48.2 Å². The number of hydrogen-bond acceptors (Lipinski definition) is 14. The summed E-state index contributed by atoms with van der Waals surface area (Å²) in [6.07, 6.45) is 12.5. The number of carbonyl (C=O) groups is 5. The molecule has 3 fully saturated rings. The van der Waals surface area contributed by atoms with E-state index in [1.54, 1.807) is 47.7 Å². The van der Waals surface area contributed by atoms with Gasteiger partial charge in [0.05, 0.1) is 23.6 Å². The predicted molar refractivity (Wildman–Crippen MR) is 264 cm³/mol. The number of aliphatic hydroxyl groups excluding tert-OH is 1. The number of allylic oxidation sites excluding steroid dienone is 6. The molecule has 0 aromatic rings. The van der Waals surface area contributed by atoms with Gasteiger partial charge in [0, 0.05) is 58.5 Å². The van der Waals surface area contributed by atoms with Gasteiger partial charge in [-0.05, 0) is 107 Å². The van der Waals surface area contributed by atoms with Crippen molar-refractivity contribution >= 4 is 47.6 Å². The Morgan fingerprint density at radius 1 is 0.897 bits per heavy atom. The van der Waals surface area contributed by atoms with Crippen LogP contribution >= 0.6 is 18.4 Å². The van der Waals surface area contributed by atoms with Gasteiger partial charge in [0.2, 0.25) is 5.79 Å². The molecule has 0 spiro atoms. The van der Waals surface area contributed by atoms with Gasteiger partial charge in [0.15, 0.2) is 5.78 Å². The molecule has 382 valence electrons. The van der Waals surface area contributed by atoms with Crippen molar-refractivity contribution in [2.75, 3.05) is 34.5 Å². The minimum atomic E-state index is -2.43. The van der Waals surface area contributed by atoms with Crippen molar-refractivity contribution < 1.29 is 62.4 Å². The molecule has 4 rings (SSSR count). The highest BCUT2D eigenvalue weighted by atomic mass is 32.7. The molecular weight excluding hydrogens is 910 g/mol. The number of piperidine rings is 1. The van der Waals surface area contributed by atoms with Gasteiger partial charge in [-0.15, -0.1) is 0 Å². The van der Waals surface area contributed by atoms with Gasteiger partial charge < -0.3 is 38.8 Å². The van der Waals surface area contributed by atoms with Crippen LogP contribution in [0.25, 0.3) is 0 Å². The molecule has 16 heteroatoms. The van der Waals surface area contributed by atoms with Crippen molar-refractivity contribution in [1.82, 2.24) is 4.90 Å². The lowest BCUT2D eigenvalue weighted by Crippen LogP contribution is -2.61. The van der Waals surface area contributed by atoms with E-state index in [1.165, 1.54) is 23.4 Å². The molecule has 0 aromatic heterocycles. The molecule has 14 nitrogen and oxygen atoms in total. The number of methoxy groups -OCH3 is 3. The van der Waals surface area contributed by atoms with Gasteiger partial charge in [0.25, 0.3) is 11.7 Å². The lowest BCUT2D eigenvalue weighted by molar-refractivity contribution is -0.265. The Morgan fingerprint density at radius 2 is 1.62 bits per heavy atom. The number of hydrogen-bond donors (Lipinski definition) is 2. The zero-order valence-corrected chi connectivity index (χ0v) is 44.1. The number of cyclic esters (lactones) is 1. The third kappa shape index (κ3) is 15.6. The van der Waals surface area contributed by atoms with Crippen molar-refractivity contribution in [2.45, 2.75) is 179 Å². The largest absolute Gasteiger partial charge is 0.460 e. The Balaban J connectivity index is 1.70. The monoisotopic (exact) mass is 991 g/mol. The van der Waals surface area contributed by atoms with Crippen LogP contribution in [0, 0.1) is 35.5 Å². The van der Waals surface area contributed by atoms with E-state index in [9.17, 15) is 38.8 Å². The molecule has 4 aliphatic rings. The minimum absolute atomic E-state index is 0.0171. The summed E-state index contributed by atoms with van der Waals surface area (Å²) in [5.41, 5.74) is 1.27. The summed E-state index contributed by atoms with van der Waals surface area (Å²) >= 11 is 1.44. The number of aliphatic hydroxyl groups is 2. The van der Waals surface area contributed by atoms with E-state index in [0.29, 0.717) is 56.9 Å². The maximum atomic E-state index is 14.5. The van der Waals surface area contributed by atoms with Crippen molar-refractivity contribution in [2.24, 2.45) is 35.5 Å². The molecule has 1 aliphatic carbocycles. The molecular formula is C52H81NO13PS+. The number of amides is 1. The Labute approximate surface area is 410 Å². The predicted octanol–water partition coefficient (Wildman–Crippen LogP) is 8.29. The molecule has 1 saturated carbocycles. The fraction of sp³-hybridized carbons (Fsp3) is 0.750. The highest BCUT2D eigenvalue weighted by Gasteiger charge is 2.53. The Bertz CT molecular complexity index is 1890.